The molecular weight excluding hydrogens is 388 g/mol. The summed E-state index contributed by atoms with van der Waals surface area (Å²) in [5.74, 6) is 0.184. The SMILES string of the molecule is Cc1nn(-c2ccccc2)c(C)c1/C=N\NC(=O)C(C)(C)Oc1ccc(Cl)cc1. The van der Waals surface area contributed by atoms with E-state index in [-0.39, 0.29) is 5.91 Å². The average molecular weight is 411 g/mol. The normalized spacial score (nSPS) is 11.6. The number of aromatic nitrogens is 2. The number of ether oxygens (including phenoxy) is 1. The Bertz CT molecular complexity index is 1020. The van der Waals surface area contributed by atoms with E-state index in [1.165, 1.54) is 0 Å². The van der Waals surface area contributed by atoms with Gasteiger partial charge in [0.25, 0.3) is 5.91 Å². The van der Waals surface area contributed by atoms with Gasteiger partial charge >= 0.3 is 0 Å². The molecule has 3 rings (SSSR count). The lowest BCUT2D eigenvalue weighted by atomic mass is 10.1. The van der Waals surface area contributed by atoms with Gasteiger partial charge in [-0.3, -0.25) is 4.79 Å². The van der Waals surface area contributed by atoms with Gasteiger partial charge in [0.1, 0.15) is 5.75 Å². The van der Waals surface area contributed by atoms with E-state index < -0.39 is 5.60 Å². The first kappa shape index (κ1) is 20.6. The highest BCUT2D eigenvalue weighted by Gasteiger charge is 2.30. The predicted molar refractivity (Wildman–Crippen MR) is 115 cm³/mol. The summed E-state index contributed by atoms with van der Waals surface area (Å²) in [6, 6.07) is 16.7. The zero-order valence-electron chi connectivity index (χ0n) is 16.8. The number of amides is 1. The second-order valence-corrected chi connectivity index (χ2v) is 7.53. The minimum atomic E-state index is -1.11. The van der Waals surface area contributed by atoms with Crippen LogP contribution in [0.25, 0.3) is 5.69 Å². The fourth-order valence-electron chi connectivity index (χ4n) is 2.80. The molecular formula is C22H23ClN4O2. The number of para-hydroxylation sites is 1. The quantitative estimate of drug-likeness (QED) is 0.482. The number of aryl methyl sites for hydroxylation is 1. The summed E-state index contributed by atoms with van der Waals surface area (Å²) in [7, 11) is 0. The van der Waals surface area contributed by atoms with Gasteiger partial charge in [0.2, 0.25) is 0 Å². The summed E-state index contributed by atoms with van der Waals surface area (Å²) >= 11 is 5.88. The van der Waals surface area contributed by atoms with Gasteiger partial charge in [-0.2, -0.15) is 10.2 Å². The molecule has 1 aromatic heterocycles. The van der Waals surface area contributed by atoms with Crippen LogP contribution >= 0.6 is 11.6 Å². The summed E-state index contributed by atoms with van der Waals surface area (Å²) < 4.78 is 7.62. The molecule has 1 heterocycles. The molecule has 0 bridgehead atoms. The fraction of sp³-hybridized carbons (Fsp3) is 0.227. The van der Waals surface area contributed by atoms with Gasteiger partial charge in [-0.15, -0.1) is 0 Å². The molecule has 7 heteroatoms. The van der Waals surface area contributed by atoms with Crippen LogP contribution in [0.5, 0.6) is 5.75 Å². The van der Waals surface area contributed by atoms with E-state index in [2.05, 4.69) is 15.6 Å². The van der Waals surface area contributed by atoms with Gasteiger partial charge in [0, 0.05) is 10.6 Å². The maximum Gasteiger partial charge on any atom is 0.283 e. The maximum atomic E-state index is 12.5. The largest absolute Gasteiger partial charge is 0.478 e. The fourth-order valence-corrected chi connectivity index (χ4v) is 2.92. The minimum Gasteiger partial charge on any atom is -0.478 e. The number of rotatable bonds is 6. The van der Waals surface area contributed by atoms with Gasteiger partial charge in [0.05, 0.1) is 23.3 Å². The molecule has 0 unspecified atom stereocenters. The Hall–Kier alpha value is -3.12. The first-order chi connectivity index (χ1) is 13.8. The number of nitrogens with zero attached hydrogens (tertiary/aromatic N) is 3. The van der Waals surface area contributed by atoms with Crippen molar-refractivity contribution < 1.29 is 9.53 Å². The molecule has 0 fully saturated rings. The van der Waals surface area contributed by atoms with E-state index in [9.17, 15) is 4.79 Å². The highest BCUT2D eigenvalue weighted by molar-refractivity contribution is 6.30. The van der Waals surface area contributed by atoms with Crippen molar-refractivity contribution in [2.24, 2.45) is 5.10 Å². The van der Waals surface area contributed by atoms with Crippen LogP contribution in [0.1, 0.15) is 30.8 Å². The van der Waals surface area contributed by atoms with Crippen LogP contribution in [0, 0.1) is 13.8 Å². The van der Waals surface area contributed by atoms with E-state index in [1.54, 1.807) is 44.3 Å². The molecule has 6 nitrogen and oxygen atoms in total. The molecule has 0 aliphatic rings. The molecule has 2 aromatic carbocycles. The van der Waals surface area contributed by atoms with Crippen molar-refractivity contribution in [2.75, 3.05) is 0 Å². The zero-order chi connectivity index (χ0) is 21.0. The van der Waals surface area contributed by atoms with Crippen LogP contribution < -0.4 is 10.2 Å². The van der Waals surface area contributed by atoms with Crippen molar-refractivity contribution in [3.63, 3.8) is 0 Å². The number of nitrogens with one attached hydrogen (secondary N) is 1. The number of hydrogen-bond acceptors (Lipinski definition) is 4. The molecule has 3 aromatic rings. The first-order valence-electron chi connectivity index (χ1n) is 9.17. The van der Waals surface area contributed by atoms with Crippen molar-refractivity contribution in [1.82, 2.24) is 15.2 Å². The molecule has 29 heavy (non-hydrogen) atoms. The topological polar surface area (TPSA) is 68.5 Å². The highest BCUT2D eigenvalue weighted by atomic mass is 35.5. The van der Waals surface area contributed by atoms with Crippen LogP contribution in [0.15, 0.2) is 59.7 Å². The summed E-state index contributed by atoms with van der Waals surface area (Å²) in [4.78, 5) is 12.5. The molecule has 0 saturated heterocycles. The highest BCUT2D eigenvalue weighted by Crippen LogP contribution is 2.21. The van der Waals surface area contributed by atoms with E-state index in [1.807, 2.05) is 48.9 Å². The molecule has 1 amide bonds. The number of carbonyl (C=O) groups excluding carboxylic acids is 1. The van der Waals surface area contributed by atoms with Crippen molar-refractivity contribution in [2.45, 2.75) is 33.3 Å². The molecule has 150 valence electrons. The number of hydrogen-bond donors (Lipinski definition) is 1. The van der Waals surface area contributed by atoms with Crippen LogP contribution in [0.2, 0.25) is 5.02 Å². The zero-order valence-corrected chi connectivity index (χ0v) is 17.6. The third kappa shape index (κ3) is 4.84. The maximum absolute atomic E-state index is 12.5. The van der Waals surface area contributed by atoms with Crippen molar-refractivity contribution in [3.8, 4) is 11.4 Å². The average Bonchev–Trinajstić information content (AvgIpc) is 2.98. The summed E-state index contributed by atoms with van der Waals surface area (Å²) in [5, 5.41) is 9.28. The Labute approximate surface area is 175 Å². The Morgan fingerprint density at radius 3 is 2.45 bits per heavy atom. The standard InChI is InChI=1S/C22H23ClN4O2/c1-15-20(16(2)27(26-15)18-8-6-5-7-9-18)14-24-25-21(28)22(3,4)29-19-12-10-17(23)11-13-19/h5-14H,1-4H3,(H,25,28)/b24-14-. The molecule has 0 saturated carbocycles. The Morgan fingerprint density at radius 1 is 1.14 bits per heavy atom. The number of benzene rings is 2. The summed E-state index contributed by atoms with van der Waals surface area (Å²) in [6.45, 7) is 7.22. The van der Waals surface area contributed by atoms with Crippen LogP contribution in [-0.4, -0.2) is 27.5 Å². The second-order valence-electron chi connectivity index (χ2n) is 7.10. The van der Waals surface area contributed by atoms with E-state index in [4.69, 9.17) is 16.3 Å². The minimum absolute atomic E-state index is 0.366. The van der Waals surface area contributed by atoms with Gasteiger partial charge < -0.3 is 4.74 Å². The molecule has 0 spiro atoms. The summed E-state index contributed by atoms with van der Waals surface area (Å²) in [6.07, 6.45) is 1.60. The Morgan fingerprint density at radius 2 is 1.79 bits per heavy atom. The van der Waals surface area contributed by atoms with E-state index >= 15 is 0 Å². The number of carbonyl (C=O) groups is 1. The van der Waals surface area contributed by atoms with Gasteiger partial charge in [-0.1, -0.05) is 29.8 Å². The molecule has 0 aliphatic carbocycles. The van der Waals surface area contributed by atoms with Gasteiger partial charge in [-0.25, -0.2) is 10.1 Å². The molecule has 0 aliphatic heterocycles. The lowest BCUT2D eigenvalue weighted by Gasteiger charge is -2.24. The van der Waals surface area contributed by atoms with Crippen molar-refractivity contribution in [3.05, 3.63) is 76.6 Å². The first-order valence-corrected chi connectivity index (χ1v) is 9.55. The monoisotopic (exact) mass is 410 g/mol. The number of halogens is 1. The third-order valence-electron chi connectivity index (χ3n) is 4.44. The smallest absolute Gasteiger partial charge is 0.283 e. The molecule has 0 radical (unpaired) electrons. The van der Waals surface area contributed by atoms with Crippen molar-refractivity contribution >= 4 is 23.7 Å². The Kier molecular flexibility index (Phi) is 6.03. The second kappa shape index (κ2) is 8.49. The predicted octanol–water partition coefficient (Wildman–Crippen LogP) is 4.45. The van der Waals surface area contributed by atoms with Gasteiger partial charge in [0.15, 0.2) is 5.60 Å². The number of hydrazone groups is 1. The molecule has 0 atom stereocenters. The third-order valence-corrected chi connectivity index (χ3v) is 4.69. The van der Waals surface area contributed by atoms with Crippen LogP contribution in [0.4, 0.5) is 0 Å². The van der Waals surface area contributed by atoms with Crippen LogP contribution in [0.3, 0.4) is 0 Å². The van der Waals surface area contributed by atoms with E-state index in [0.29, 0.717) is 10.8 Å². The molecule has 1 N–H and O–H groups in total. The Balaban J connectivity index is 1.70. The van der Waals surface area contributed by atoms with E-state index in [0.717, 1.165) is 22.6 Å². The van der Waals surface area contributed by atoms with Crippen LogP contribution in [-0.2, 0) is 4.79 Å². The van der Waals surface area contributed by atoms with Gasteiger partial charge in [-0.05, 0) is 64.1 Å². The summed E-state index contributed by atoms with van der Waals surface area (Å²) in [5.41, 5.74) is 5.01. The lowest BCUT2D eigenvalue weighted by molar-refractivity contribution is -0.134. The van der Waals surface area contributed by atoms with Crippen molar-refractivity contribution in [1.29, 1.82) is 0 Å². The lowest BCUT2D eigenvalue weighted by Crippen LogP contribution is -2.44.